The van der Waals surface area contributed by atoms with Gasteiger partial charge in [-0.2, -0.15) is 0 Å². The molecule has 33 heavy (non-hydrogen) atoms. The average Bonchev–Trinajstić information content (AvgIpc) is 3.18. The van der Waals surface area contributed by atoms with Crippen LogP contribution in [0.3, 0.4) is 0 Å². The van der Waals surface area contributed by atoms with Crippen molar-refractivity contribution in [2.24, 2.45) is 0 Å². The number of aryl methyl sites for hydroxylation is 1. The van der Waals surface area contributed by atoms with Crippen molar-refractivity contribution in [3.05, 3.63) is 61.7 Å². The van der Waals surface area contributed by atoms with E-state index in [1.807, 2.05) is 7.05 Å². The van der Waals surface area contributed by atoms with Crippen molar-refractivity contribution in [2.45, 2.75) is 57.9 Å². The zero-order valence-electron chi connectivity index (χ0n) is 18.7. The maximum absolute atomic E-state index is 14.8. The molecule has 6 rings (SSSR count). The second-order valence-corrected chi connectivity index (χ2v) is 9.19. The molecule has 2 N–H and O–H groups in total. The van der Waals surface area contributed by atoms with Crippen LogP contribution in [0.2, 0.25) is 0 Å². The van der Waals surface area contributed by atoms with Crippen LogP contribution in [0.15, 0.2) is 16.9 Å². The zero-order chi connectivity index (χ0) is 23.2. The number of rotatable bonds is 2. The van der Waals surface area contributed by atoms with Crippen LogP contribution in [-0.4, -0.2) is 27.7 Å². The third-order valence-corrected chi connectivity index (χ3v) is 7.73. The molecule has 2 unspecified atom stereocenters. The molecule has 0 radical (unpaired) electrons. The molecule has 3 aromatic rings. The zero-order valence-corrected chi connectivity index (χ0v) is 18.7. The third-order valence-electron chi connectivity index (χ3n) is 7.73. The monoisotopic (exact) mass is 449 g/mol. The van der Waals surface area contributed by atoms with Crippen LogP contribution in [-0.2, 0) is 34.7 Å². The van der Waals surface area contributed by atoms with E-state index >= 15 is 0 Å². The van der Waals surface area contributed by atoms with Crippen LogP contribution < -0.4 is 10.9 Å². The second-order valence-electron chi connectivity index (χ2n) is 9.19. The summed E-state index contributed by atoms with van der Waals surface area (Å²) in [6, 6.07) is 3.22. The highest BCUT2D eigenvalue weighted by atomic mass is 19.1. The Morgan fingerprint density at radius 1 is 1.30 bits per heavy atom. The Morgan fingerprint density at radius 3 is 2.82 bits per heavy atom. The smallest absolute Gasteiger partial charge is 0.343 e. The summed E-state index contributed by atoms with van der Waals surface area (Å²) in [5.41, 5.74) is 3.71. The number of carbonyl (C=O) groups excluding carboxylic acids is 1. The van der Waals surface area contributed by atoms with Gasteiger partial charge in [-0.3, -0.25) is 4.79 Å². The number of carbonyl (C=O) groups is 1. The molecule has 0 spiro atoms. The number of ether oxygens (including phenoxy) is 1. The summed E-state index contributed by atoms with van der Waals surface area (Å²) in [6.07, 6.45) is 1.66. The van der Waals surface area contributed by atoms with E-state index in [-0.39, 0.29) is 36.0 Å². The lowest BCUT2D eigenvalue weighted by Gasteiger charge is -2.31. The number of nitrogens with zero attached hydrogens (tertiary/aromatic N) is 2. The van der Waals surface area contributed by atoms with Gasteiger partial charge in [0.1, 0.15) is 12.4 Å². The van der Waals surface area contributed by atoms with Crippen molar-refractivity contribution in [3.63, 3.8) is 0 Å². The first-order valence-corrected chi connectivity index (χ1v) is 11.3. The molecule has 2 aromatic heterocycles. The average molecular weight is 449 g/mol. The van der Waals surface area contributed by atoms with Gasteiger partial charge < -0.3 is 19.7 Å². The maximum Gasteiger partial charge on any atom is 0.343 e. The number of halogens is 1. The molecule has 1 aromatic carbocycles. The Hall–Kier alpha value is -3.10. The predicted molar refractivity (Wildman–Crippen MR) is 119 cm³/mol. The van der Waals surface area contributed by atoms with Gasteiger partial charge in [-0.05, 0) is 56.0 Å². The molecule has 0 amide bonds. The first-order chi connectivity index (χ1) is 15.8. The van der Waals surface area contributed by atoms with E-state index in [9.17, 15) is 19.1 Å². The van der Waals surface area contributed by atoms with Crippen molar-refractivity contribution >= 4 is 16.9 Å². The van der Waals surface area contributed by atoms with Crippen LogP contribution in [0.4, 0.5) is 4.39 Å². The minimum Gasteiger partial charge on any atom is -0.458 e. The van der Waals surface area contributed by atoms with E-state index in [2.05, 4.69) is 5.32 Å². The number of benzene rings is 1. The molecule has 0 saturated carbocycles. The highest BCUT2D eigenvalue weighted by Crippen LogP contribution is 2.45. The Bertz CT molecular complexity index is 1460. The topological polar surface area (TPSA) is 93.5 Å². The Labute approximate surface area is 189 Å². The summed E-state index contributed by atoms with van der Waals surface area (Å²) in [5.74, 6) is -1.04. The molecule has 0 bridgehead atoms. The fourth-order valence-corrected chi connectivity index (χ4v) is 5.84. The van der Waals surface area contributed by atoms with Crippen LogP contribution in [0, 0.1) is 12.7 Å². The lowest BCUT2D eigenvalue weighted by Crippen LogP contribution is -2.44. The van der Waals surface area contributed by atoms with Gasteiger partial charge in [-0.25, -0.2) is 14.2 Å². The Kier molecular flexibility index (Phi) is 4.17. The first kappa shape index (κ1) is 20.5. The number of cyclic esters (lactones) is 1. The van der Waals surface area contributed by atoms with Gasteiger partial charge in [0.2, 0.25) is 0 Å². The summed E-state index contributed by atoms with van der Waals surface area (Å²) in [6.45, 7) is 3.65. The lowest BCUT2D eigenvalue weighted by atomic mass is 9.81. The second kappa shape index (κ2) is 6.71. The van der Waals surface area contributed by atoms with Crippen molar-refractivity contribution in [1.82, 2.24) is 14.9 Å². The number of pyridine rings is 2. The minimum absolute atomic E-state index is 0.0544. The molecule has 4 heterocycles. The van der Waals surface area contributed by atoms with E-state index in [4.69, 9.17) is 9.72 Å². The van der Waals surface area contributed by atoms with Crippen molar-refractivity contribution in [1.29, 1.82) is 0 Å². The van der Waals surface area contributed by atoms with Gasteiger partial charge in [0.05, 0.1) is 29.0 Å². The molecule has 170 valence electrons. The van der Waals surface area contributed by atoms with Crippen molar-refractivity contribution in [2.75, 3.05) is 7.05 Å². The van der Waals surface area contributed by atoms with Crippen LogP contribution >= 0.6 is 0 Å². The molecule has 0 fully saturated rings. The molecule has 2 aliphatic heterocycles. The largest absolute Gasteiger partial charge is 0.458 e. The van der Waals surface area contributed by atoms with E-state index in [1.54, 1.807) is 24.5 Å². The van der Waals surface area contributed by atoms with Gasteiger partial charge in [-0.15, -0.1) is 0 Å². The highest BCUT2D eigenvalue weighted by Gasteiger charge is 2.45. The molecule has 2 atom stereocenters. The SMILES string of the molecule is CCC1(O)C(=O)OCc2c1cc1n(c2=O)Cc2c-1nc1cc(F)c(C)c3c1c2C(NC)CC3. The summed E-state index contributed by atoms with van der Waals surface area (Å²) < 4.78 is 21.5. The molecule has 7 nitrogen and oxygen atoms in total. The number of hydrogen-bond acceptors (Lipinski definition) is 6. The van der Waals surface area contributed by atoms with Crippen molar-refractivity contribution < 1.29 is 19.0 Å². The number of aromatic nitrogens is 2. The van der Waals surface area contributed by atoms with Crippen LogP contribution in [0.25, 0.3) is 22.3 Å². The van der Waals surface area contributed by atoms with Crippen LogP contribution in [0.5, 0.6) is 0 Å². The van der Waals surface area contributed by atoms with Gasteiger partial charge >= 0.3 is 5.97 Å². The third kappa shape index (κ3) is 2.48. The Morgan fingerprint density at radius 2 is 2.09 bits per heavy atom. The van der Waals surface area contributed by atoms with Crippen molar-refractivity contribution in [3.8, 4) is 11.4 Å². The number of nitrogens with one attached hydrogen (secondary N) is 1. The fraction of sp³-hybridized carbons (Fsp3) is 0.400. The Balaban J connectivity index is 1.70. The number of hydrogen-bond donors (Lipinski definition) is 2. The maximum atomic E-state index is 14.8. The fourth-order valence-electron chi connectivity index (χ4n) is 5.84. The number of aliphatic hydroxyl groups is 1. The first-order valence-electron chi connectivity index (χ1n) is 11.3. The minimum atomic E-state index is -1.87. The van der Waals surface area contributed by atoms with E-state index in [1.165, 1.54) is 6.07 Å². The van der Waals surface area contributed by atoms with E-state index in [0.717, 1.165) is 34.9 Å². The number of esters is 1. The summed E-state index contributed by atoms with van der Waals surface area (Å²) in [7, 11) is 1.90. The standard InChI is InChI=1S/C25H24FN3O4/c1-4-25(32)15-7-19-22-13(9-29(19)23(30)14(15)10-33-24(25)31)21-17(27-3)6-5-12-11(2)16(26)8-18(28-22)20(12)21/h7-8,17,27,32H,4-6,9-10H2,1-3H3. The summed E-state index contributed by atoms with van der Waals surface area (Å²) >= 11 is 0. The van der Waals surface area contributed by atoms with Gasteiger partial charge in [0.15, 0.2) is 5.60 Å². The van der Waals surface area contributed by atoms with E-state index in [0.29, 0.717) is 34.6 Å². The van der Waals surface area contributed by atoms with E-state index < -0.39 is 11.6 Å². The molecule has 3 aliphatic rings. The molecular weight excluding hydrogens is 425 g/mol. The quantitative estimate of drug-likeness (QED) is 0.457. The molecule has 0 saturated heterocycles. The van der Waals surface area contributed by atoms with Gasteiger partial charge in [0.25, 0.3) is 5.56 Å². The predicted octanol–water partition coefficient (Wildman–Crippen LogP) is 2.73. The van der Waals surface area contributed by atoms with Crippen LogP contribution in [0.1, 0.15) is 59.2 Å². The van der Waals surface area contributed by atoms with Gasteiger partial charge in [-0.1, -0.05) is 6.92 Å². The van der Waals surface area contributed by atoms with Gasteiger partial charge in [0, 0.05) is 28.6 Å². The molecular formula is C25H24FN3O4. The molecule has 1 aliphatic carbocycles. The normalized spacial score (nSPS) is 22.7. The molecule has 8 heteroatoms. The highest BCUT2D eigenvalue weighted by molar-refractivity contribution is 5.93. The summed E-state index contributed by atoms with van der Waals surface area (Å²) in [4.78, 5) is 30.7. The summed E-state index contributed by atoms with van der Waals surface area (Å²) in [5, 5.41) is 15.4. The number of fused-ring (bicyclic) bond motifs is 5. The lowest BCUT2D eigenvalue weighted by molar-refractivity contribution is -0.172.